The molecule has 0 saturated heterocycles. The highest BCUT2D eigenvalue weighted by atomic mass is 79.9. The van der Waals surface area contributed by atoms with Crippen molar-refractivity contribution < 1.29 is 39.5 Å². The fraction of sp³-hybridized carbons (Fsp3) is 0.0938. The Morgan fingerprint density at radius 2 is 0.645 bits per heavy atom. The van der Waals surface area contributed by atoms with Crippen LogP contribution < -0.4 is 21.3 Å². The van der Waals surface area contributed by atoms with Crippen LogP contribution in [0.4, 0.5) is 39.5 Å². The molecule has 0 bridgehead atoms. The molecule has 2 aliphatic carbocycles. The van der Waals surface area contributed by atoms with E-state index in [1.54, 1.807) is 39.0 Å². The average Bonchev–Trinajstić information content (AvgIpc) is 4.08. The largest absolute Gasteiger partial charge is 0.416 e. The first kappa shape index (κ1) is 50.1. The molecule has 76 heavy (non-hydrogen) atoms. The number of alkyl halides is 9. The number of aryl methyl sites for hydroxylation is 3. The molecule has 13 rings (SSSR count). The van der Waals surface area contributed by atoms with E-state index in [-0.39, 0.29) is 10.9 Å². The number of hydrogen-bond donors (Lipinski definition) is 0. The zero-order valence-corrected chi connectivity index (χ0v) is 41.9. The minimum atomic E-state index is -4.49. The Bertz CT molecular complexity index is 4180. The maximum atomic E-state index is 13.8. The maximum absolute atomic E-state index is 13.8. The zero-order valence-electron chi connectivity index (χ0n) is 40.3. The van der Waals surface area contributed by atoms with Crippen molar-refractivity contribution in [3.8, 4) is 22.3 Å². The molecule has 12 heteroatoms. The molecule has 0 amide bonds. The van der Waals surface area contributed by atoms with Crippen LogP contribution in [0.3, 0.4) is 0 Å². The third kappa shape index (κ3) is 8.77. The molecule has 2 nitrogen and oxygen atoms in total. The van der Waals surface area contributed by atoms with E-state index in [1.165, 1.54) is 12.1 Å². The van der Waals surface area contributed by atoms with E-state index >= 15 is 0 Å². The summed E-state index contributed by atoms with van der Waals surface area (Å²) in [6.45, 7) is 4.93. The summed E-state index contributed by atoms with van der Waals surface area (Å²) in [5.74, 6) is 0. The lowest BCUT2D eigenvalue weighted by Gasteiger charge is -2.13. The van der Waals surface area contributed by atoms with Crippen molar-refractivity contribution in [3.05, 3.63) is 267 Å². The summed E-state index contributed by atoms with van der Waals surface area (Å²) < 4.78 is 120. The molecular formula is C64H38BrF9O2. The molecule has 11 aromatic rings. The van der Waals surface area contributed by atoms with Crippen molar-refractivity contribution >= 4 is 70.2 Å². The lowest BCUT2D eigenvalue weighted by atomic mass is 9.94. The summed E-state index contributed by atoms with van der Waals surface area (Å²) >= 11 is 3.01. The van der Waals surface area contributed by atoms with E-state index < -0.39 is 35.2 Å². The van der Waals surface area contributed by atoms with Crippen LogP contribution in [0.1, 0.15) is 55.6 Å². The van der Waals surface area contributed by atoms with E-state index in [2.05, 4.69) is 15.9 Å². The highest BCUT2D eigenvalue weighted by Gasteiger charge is 2.35. The molecule has 0 heterocycles. The van der Waals surface area contributed by atoms with Gasteiger partial charge in [-0.15, -0.1) is 0 Å². The van der Waals surface area contributed by atoms with Crippen molar-refractivity contribution in [1.82, 2.24) is 0 Å². The van der Waals surface area contributed by atoms with Crippen LogP contribution >= 0.6 is 15.9 Å². The second-order valence-electron chi connectivity index (χ2n) is 19.2. The minimum Gasteiger partial charge on any atom is -0.289 e. The quantitative estimate of drug-likeness (QED) is 0.162. The molecule has 0 radical (unpaired) electrons. The number of benzene rings is 9. The van der Waals surface area contributed by atoms with Gasteiger partial charge in [-0.2, -0.15) is 39.5 Å². The van der Waals surface area contributed by atoms with Gasteiger partial charge in [0.15, 0.2) is 10.9 Å². The molecule has 376 valence electrons. The third-order valence-electron chi connectivity index (χ3n) is 14.0. The van der Waals surface area contributed by atoms with Crippen molar-refractivity contribution in [2.75, 3.05) is 0 Å². The Labute approximate surface area is 436 Å². The van der Waals surface area contributed by atoms with Gasteiger partial charge in [0.05, 0.1) is 16.7 Å². The van der Waals surface area contributed by atoms with E-state index in [9.17, 15) is 49.1 Å². The van der Waals surface area contributed by atoms with Crippen LogP contribution in [0.15, 0.2) is 190 Å². The van der Waals surface area contributed by atoms with Gasteiger partial charge in [-0.1, -0.05) is 125 Å². The molecule has 0 spiro atoms. The molecular weight excluding hydrogens is 1050 g/mol. The van der Waals surface area contributed by atoms with Crippen LogP contribution in [0.5, 0.6) is 0 Å². The Morgan fingerprint density at radius 3 is 1.01 bits per heavy atom. The second kappa shape index (κ2) is 18.3. The number of rotatable bonds is 2. The Hall–Kier alpha value is -8.09. The van der Waals surface area contributed by atoms with Gasteiger partial charge < -0.3 is 0 Å². The molecule has 0 saturated carbocycles. The second-order valence-corrected chi connectivity index (χ2v) is 20.1. The lowest BCUT2D eigenvalue weighted by molar-refractivity contribution is -0.138. The summed E-state index contributed by atoms with van der Waals surface area (Å²) in [5, 5.41) is 8.04. The predicted octanol–water partition coefficient (Wildman–Crippen LogP) is 16.5. The predicted molar refractivity (Wildman–Crippen MR) is 287 cm³/mol. The zero-order chi connectivity index (χ0) is 53.7. The Morgan fingerprint density at radius 1 is 0.316 bits per heavy atom. The SMILES string of the molecule is Cc1cc(Br)cc(C(F)(F)F)c1.Cc1cc(C2=c3cc4c(cc3-c3ccccc32)=C(c2cc(C)cc(C(F)(F)F)c2)c2ccccc2-4)cc(C(F)(F)F)c1.O=c1c2ccccc2c2cc3c(=O)c4ccccc4c3cc12. The van der Waals surface area contributed by atoms with Gasteiger partial charge in [-0.05, 0) is 192 Å². The maximum Gasteiger partial charge on any atom is 0.416 e. The minimum absolute atomic E-state index is 0.0465. The average molecular weight is 1090 g/mol. The summed E-state index contributed by atoms with van der Waals surface area (Å²) in [4.78, 5) is 25.2. The summed E-state index contributed by atoms with van der Waals surface area (Å²) in [6, 6.07) is 50.1. The third-order valence-corrected chi connectivity index (χ3v) is 14.5. The van der Waals surface area contributed by atoms with E-state index in [4.69, 9.17) is 0 Å². The molecule has 0 atom stereocenters. The fourth-order valence-electron chi connectivity index (χ4n) is 10.9. The van der Waals surface area contributed by atoms with Gasteiger partial charge in [-0.25, -0.2) is 0 Å². The van der Waals surface area contributed by atoms with E-state index in [0.29, 0.717) is 54.2 Å². The van der Waals surface area contributed by atoms with Crippen LogP contribution in [-0.2, 0) is 18.5 Å². The monoisotopic (exact) mass is 1090 g/mol. The van der Waals surface area contributed by atoms with Gasteiger partial charge in [0.25, 0.3) is 0 Å². The first-order valence-corrected chi connectivity index (χ1v) is 24.7. The molecule has 0 fully saturated rings. The standard InChI is InChI=1S/C36H22F6.C20H10O2.C8H6BrF3/c1-19-11-21(15-23(13-19)35(37,38)39)33-27-9-5-3-7-25(27)29-18-32-30(17-31(29)33)26-8-4-6-10-28(26)34(32)22-12-20(2)14-24(16-22)36(40,41)42;21-19-13-7-3-1-5-11(13)15-9-18-16(10-17(15)19)12-6-2-4-8-14(12)20(18)22;1-5-2-6(8(10,11)12)4-7(9)3-5/h3-18H,1-2H3;1-10H;2-4H,1H3. The van der Waals surface area contributed by atoms with Gasteiger partial charge in [0.1, 0.15) is 0 Å². The first-order chi connectivity index (χ1) is 36.0. The van der Waals surface area contributed by atoms with Crippen LogP contribution in [0.2, 0.25) is 0 Å². The number of halogens is 10. The van der Waals surface area contributed by atoms with Crippen LogP contribution in [0, 0.1) is 20.8 Å². The summed E-state index contributed by atoms with van der Waals surface area (Å²) in [5.41, 5.74) is 7.06. The smallest absolute Gasteiger partial charge is 0.289 e. The lowest BCUT2D eigenvalue weighted by Crippen LogP contribution is -2.15. The summed E-state index contributed by atoms with van der Waals surface area (Å²) in [6.07, 6.45) is -13.2. The fourth-order valence-corrected chi connectivity index (χ4v) is 11.5. The van der Waals surface area contributed by atoms with Crippen LogP contribution in [-0.4, -0.2) is 0 Å². The Balaban J connectivity index is 0.000000149. The van der Waals surface area contributed by atoms with Crippen molar-refractivity contribution in [1.29, 1.82) is 0 Å². The molecule has 0 aromatic heterocycles. The molecule has 0 unspecified atom stereocenters. The Kier molecular flexibility index (Phi) is 12.1. The van der Waals surface area contributed by atoms with Crippen molar-refractivity contribution in [2.45, 2.75) is 39.3 Å². The van der Waals surface area contributed by atoms with Gasteiger partial charge in [0, 0.05) is 26.0 Å². The normalized spacial score (nSPS) is 12.9. The number of fused-ring (bicyclic) bond motifs is 12. The molecule has 0 N–H and O–H groups in total. The van der Waals surface area contributed by atoms with Gasteiger partial charge in [-0.3, -0.25) is 9.59 Å². The topological polar surface area (TPSA) is 34.1 Å². The first-order valence-electron chi connectivity index (χ1n) is 23.9. The van der Waals surface area contributed by atoms with Crippen molar-refractivity contribution in [2.24, 2.45) is 0 Å². The number of hydrogen-bond acceptors (Lipinski definition) is 2. The molecule has 0 aliphatic heterocycles. The van der Waals surface area contributed by atoms with Gasteiger partial charge in [0.2, 0.25) is 0 Å². The summed E-state index contributed by atoms with van der Waals surface area (Å²) in [7, 11) is 0. The van der Waals surface area contributed by atoms with Crippen LogP contribution in [0.25, 0.3) is 76.5 Å². The van der Waals surface area contributed by atoms with E-state index in [1.807, 2.05) is 121 Å². The van der Waals surface area contributed by atoms with Gasteiger partial charge >= 0.3 is 18.5 Å². The van der Waals surface area contributed by atoms with Crippen molar-refractivity contribution in [3.63, 3.8) is 0 Å². The highest BCUT2D eigenvalue weighted by Crippen LogP contribution is 2.43. The molecule has 11 aromatic carbocycles. The highest BCUT2D eigenvalue weighted by molar-refractivity contribution is 9.10. The molecule has 2 aliphatic rings. The van der Waals surface area contributed by atoms with E-state index in [0.717, 1.165) is 100 Å².